The summed E-state index contributed by atoms with van der Waals surface area (Å²) in [5.41, 5.74) is 0.151. The third-order valence-corrected chi connectivity index (χ3v) is 4.62. The first kappa shape index (κ1) is 16.6. The fourth-order valence-corrected chi connectivity index (χ4v) is 3.05. The van der Waals surface area contributed by atoms with Crippen LogP contribution in [0.4, 0.5) is 4.79 Å². The molecule has 6 nitrogen and oxygen atoms in total. The van der Waals surface area contributed by atoms with E-state index in [0.29, 0.717) is 19.5 Å². The predicted octanol–water partition coefficient (Wildman–Crippen LogP) is 2.20. The molecule has 0 saturated carbocycles. The molecule has 0 radical (unpaired) electrons. The van der Waals surface area contributed by atoms with Gasteiger partial charge >= 0.3 is 12.0 Å². The Morgan fingerprint density at radius 1 is 1.55 bits per heavy atom. The molecule has 1 aromatic heterocycles. The summed E-state index contributed by atoms with van der Waals surface area (Å²) >= 11 is 1.65. The maximum Gasteiger partial charge on any atom is 0.317 e. The van der Waals surface area contributed by atoms with Crippen LogP contribution in [-0.2, 0) is 11.3 Å². The van der Waals surface area contributed by atoms with Crippen molar-refractivity contribution < 1.29 is 14.7 Å². The van der Waals surface area contributed by atoms with E-state index in [0.717, 1.165) is 16.3 Å². The molecule has 0 bridgehead atoms. The average Bonchev–Trinajstić information content (AvgIpc) is 2.90. The summed E-state index contributed by atoms with van der Waals surface area (Å²) in [5, 5.41) is 13.0. The lowest BCUT2D eigenvalue weighted by atomic mass is 9.90. The van der Waals surface area contributed by atoms with Crippen molar-refractivity contribution in [2.45, 2.75) is 31.8 Å². The van der Waals surface area contributed by atoms with Crippen LogP contribution in [0.2, 0.25) is 0 Å². The van der Waals surface area contributed by atoms with E-state index in [4.69, 9.17) is 0 Å². The molecule has 2 heterocycles. The minimum absolute atomic E-state index is 0.216. The first-order valence-electron chi connectivity index (χ1n) is 7.28. The van der Waals surface area contributed by atoms with Gasteiger partial charge < -0.3 is 15.3 Å². The highest BCUT2D eigenvalue weighted by Gasteiger charge is 2.42. The molecular formula is C15H21N3O3S. The molecule has 1 unspecified atom stereocenters. The van der Waals surface area contributed by atoms with Crippen LogP contribution in [0.25, 0.3) is 0 Å². The highest BCUT2D eigenvalue weighted by atomic mass is 32.2. The van der Waals surface area contributed by atoms with E-state index in [1.807, 2.05) is 12.1 Å². The quantitative estimate of drug-likeness (QED) is 0.812. The lowest BCUT2D eigenvalue weighted by Gasteiger charge is -2.20. The molecule has 1 atom stereocenters. The minimum atomic E-state index is -0.849. The van der Waals surface area contributed by atoms with E-state index < -0.39 is 11.4 Å². The molecule has 2 rings (SSSR count). The van der Waals surface area contributed by atoms with Crippen LogP contribution in [0.15, 0.2) is 23.4 Å². The zero-order valence-corrected chi connectivity index (χ0v) is 13.7. The monoisotopic (exact) mass is 323 g/mol. The Kier molecular flexibility index (Phi) is 5.28. The van der Waals surface area contributed by atoms with Gasteiger partial charge in [0.25, 0.3) is 0 Å². The van der Waals surface area contributed by atoms with Gasteiger partial charge in [-0.25, -0.2) is 9.78 Å². The molecule has 0 aliphatic carbocycles. The summed E-state index contributed by atoms with van der Waals surface area (Å²) in [5.74, 6) is 0.0999. The summed E-state index contributed by atoms with van der Waals surface area (Å²) in [7, 11) is 0. The second-order valence-corrected chi connectivity index (χ2v) is 6.92. The largest absolute Gasteiger partial charge is 0.481 e. The third kappa shape index (κ3) is 3.91. The van der Waals surface area contributed by atoms with Crippen molar-refractivity contribution in [3.63, 3.8) is 0 Å². The van der Waals surface area contributed by atoms with E-state index in [2.05, 4.69) is 17.2 Å². The van der Waals surface area contributed by atoms with Gasteiger partial charge in [-0.15, -0.1) is 11.8 Å². The number of nitrogens with one attached hydrogen (secondary N) is 1. The van der Waals surface area contributed by atoms with Crippen LogP contribution in [-0.4, -0.2) is 45.8 Å². The molecule has 2 N–H and O–H groups in total. The number of aromatic nitrogens is 1. The lowest BCUT2D eigenvalue weighted by Crippen LogP contribution is -2.40. The zero-order valence-electron chi connectivity index (χ0n) is 12.8. The Balaban J connectivity index is 1.88. The van der Waals surface area contributed by atoms with Crippen LogP contribution in [0, 0.1) is 5.41 Å². The maximum atomic E-state index is 12.1. The molecule has 0 aromatic carbocycles. The molecule has 22 heavy (non-hydrogen) atoms. The Morgan fingerprint density at radius 3 is 2.95 bits per heavy atom. The van der Waals surface area contributed by atoms with Crippen molar-refractivity contribution in [1.82, 2.24) is 15.2 Å². The van der Waals surface area contributed by atoms with Gasteiger partial charge in [0.1, 0.15) is 0 Å². The third-order valence-electron chi connectivity index (χ3n) is 3.81. The molecule has 7 heteroatoms. The molecule has 1 aromatic rings. The predicted molar refractivity (Wildman–Crippen MR) is 84.8 cm³/mol. The summed E-state index contributed by atoms with van der Waals surface area (Å²) < 4.78 is 0. The zero-order chi connectivity index (χ0) is 16.2. The number of carbonyl (C=O) groups is 2. The highest BCUT2D eigenvalue weighted by Crippen LogP contribution is 2.30. The smallest absolute Gasteiger partial charge is 0.317 e. The first-order chi connectivity index (χ1) is 10.4. The number of urea groups is 1. The number of rotatable bonds is 5. The number of carboxylic acid groups (broad SMARTS) is 1. The van der Waals surface area contributed by atoms with Crippen LogP contribution in [0.1, 0.15) is 25.8 Å². The number of amides is 2. The Bertz CT molecular complexity index is 567. The molecule has 2 amide bonds. The molecule has 1 saturated heterocycles. The number of hydrogen-bond donors (Lipinski definition) is 2. The van der Waals surface area contributed by atoms with Crippen molar-refractivity contribution in [1.29, 1.82) is 0 Å². The fourth-order valence-electron chi connectivity index (χ4n) is 2.39. The Hall–Kier alpha value is -1.76. The van der Waals surface area contributed by atoms with Gasteiger partial charge in [-0.2, -0.15) is 0 Å². The van der Waals surface area contributed by atoms with Crippen LogP contribution >= 0.6 is 11.8 Å². The molecule has 120 valence electrons. The topological polar surface area (TPSA) is 82.5 Å². The summed E-state index contributed by atoms with van der Waals surface area (Å²) in [6, 6.07) is 3.61. The summed E-state index contributed by atoms with van der Waals surface area (Å²) in [6.45, 7) is 4.88. The molecule has 0 spiro atoms. The van der Waals surface area contributed by atoms with Crippen LogP contribution in [0.5, 0.6) is 0 Å². The van der Waals surface area contributed by atoms with Crippen molar-refractivity contribution >= 4 is 23.8 Å². The Labute approximate surface area is 134 Å². The highest BCUT2D eigenvalue weighted by molar-refractivity contribution is 7.99. The Morgan fingerprint density at radius 2 is 2.32 bits per heavy atom. The number of aliphatic carboxylic acids is 1. The van der Waals surface area contributed by atoms with Gasteiger partial charge in [0.2, 0.25) is 0 Å². The van der Waals surface area contributed by atoms with Gasteiger partial charge in [-0.3, -0.25) is 4.79 Å². The number of nitrogens with zero attached hydrogens (tertiary/aromatic N) is 2. The van der Waals surface area contributed by atoms with Gasteiger partial charge in [0, 0.05) is 25.8 Å². The van der Waals surface area contributed by atoms with Crippen molar-refractivity contribution in [2.24, 2.45) is 5.41 Å². The second-order valence-electron chi connectivity index (χ2n) is 5.63. The molecular weight excluding hydrogens is 302 g/mol. The van der Waals surface area contributed by atoms with Crippen molar-refractivity contribution in [3.05, 3.63) is 23.9 Å². The molecule has 1 aliphatic rings. The maximum absolute atomic E-state index is 12.1. The van der Waals surface area contributed by atoms with E-state index in [1.165, 1.54) is 0 Å². The minimum Gasteiger partial charge on any atom is -0.481 e. The normalized spacial score (nSPS) is 20.9. The van der Waals surface area contributed by atoms with E-state index >= 15 is 0 Å². The number of hydrogen-bond acceptors (Lipinski definition) is 4. The first-order valence-corrected chi connectivity index (χ1v) is 8.27. The molecule has 1 fully saturated rings. The van der Waals surface area contributed by atoms with Gasteiger partial charge in [-0.05, 0) is 36.8 Å². The fraction of sp³-hybridized carbons (Fsp3) is 0.533. The van der Waals surface area contributed by atoms with Crippen molar-refractivity contribution in [3.8, 4) is 0 Å². The van der Waals surface area contributed by atoms with Gasteiger partial charge in [0.05, 0.1) is 10.4 Å². The van der Waals surface area contributed by atoms with Crippen molar-refractivity contribution in [2.75, 3.05) is 18.8 Å². The summed E-state index contributed by atoms with van der Waals surface area (Å²) in [6.07, 6.45) is 2.22. The van der Waals surface area contributed by atoms with E-state index in [1.54, 1.807) is 29.8 Å². The SMILES string of the molecule is CCSc1cc(CNC(=O)N2CCC(C)(C(=O)O)C2)ccn1. The number of likely N-dealkylation sites (tertiary alicyclic amines) is 1. The number of pyridine rings is 1. The van der Waals surface area contributed by atoms with Gasteiger partial charge in [0.15, 0.2) is 0 Å². The molecule has 1 aliphatic heterocycles. The van der Waals surface area contributed by atoms with Crippen LogP contribution < -0.4 is 5.32 Å². The second kappa shape index (κ2) is 7.00. The lowest BCUT2D eigenvalue weighted by molar-refractivity contribution is -0.146. The van der Waals surface area contributed by atoms with E-state index in [-0.39, 0.29) is 12.6 Å². The number of thioether (sulfide) groups is 1. The standard InChI is InChI=1S/C15H21N3O3S/c1-3-22-12-8-11(4-6-16-12)9-17-14(21)18-7-5-15(2,10-18)13(19)20/h4,6,8H,3,5,7,9-10H2,1-2H3,(H,17,21)(H,19,20). The average molecular weight is 323 g/mol. The number of carboxylic acids is 1. The van der Waals surface area contributed by atoms with Crippen LogP contribution in [0.3, 0.4) is 0 Å². The van der Waals surface area contributed by atoms with E-state index in [9.17, 15) is 14.7 Å². The number of carbonyl (C=O) groups excluding carboxylic acids is 1. The van der Waals surface area contributed by atoms with Gasteiger partial charge in [-0.1, -0.05) is 6.92 Å². The summed E-state index contributed by atoms with van der Waals surface area (Å²) in [4.78, 5) is 29.2.